The number of fused-ring (bicyclic) bond motifs is 3. The van der Waals surface area contributed by atoms with Gasteiger partial charge in [-0.2, -0.15) is 5.26 Å². The number of hydrogen-bond donors (Lipinski definition) is 2. The fourth-order valence-corrected chi connectivity index (χ4v) is 4.50. The number of nitrogens with one attached hydrogen (secondary N) is 1. The fraction of sp³-hybridized carbons (Fsp3) is 0.0588. The van der Waals surface area contributed by atoms with E-state index in [4.69, 9.17) is 10.5 Å². The number of para-hydroxylation sites is 1. The number of ether oxygens (including phenoxy) is 1. The van der Waals surface area contributed by atoms with Gasteiger partial charge in [-0.25, -0.2) is 0 Å². The Hall–Kier alpha value is -2.56. The lowest BCUT2D eigenvalue weighted by molar-refractivity contribution is 0.397. The molecule has 1 atom stereocenters. The average Bonchev–Trinajstić information content (AvgIpc) is 3.00. The third-order valence-corrected chi connectivity index (χ3v) is 5.72. The molecule has 24 heavy (non-hydrogen) atoms. The van der Waals surface area contributed by atoms with Crippen LogP contribution >= 0.6 is 27.3 Å². The molecule has 4 rings (SSSR count). The highest BCUT2D eigenvalue weighted by molar-refractivity contribution is 9.10. The van der Waals surface area contributed by atoms with Crippen LogP contribution < -0.4 is 16.0 Å². The number of benzene rings is 1. The smallest absolute Gasteiger partial charge is 0.256 e. The maximum atomic E-state index is 12.7. The Morgan fingerprint density at radius 3 is 2.88 bits per heavy atom. The number of allylic oxidation sites excluding steroid dienone is 1. The minimum atomic E-state index is -0.539. The van der Waals surface area contributed by atoms with Crippen LogP contribution in [-0.4, -0.2) is 4.98 Å². The standard InChI is InChI=1S/C17H10BrN3O2S/c18-8-5-12(24-7-8)13-10(6-19)16(20)23-15-9-3-1-2-4-11(9)21-17(22)14(13)15/h1-5,7,13H,20H2,(H,21,22)/t13-/m0/s1. The second-order valence-corrected chi connectivity index (χ2v) is 7.19. The number of aromatic amines is 1. The number of rotatable bonds is 1. The van der Waals surface area contributed by atoms with Crippen molar-refractivity contribution in [2.24, 2.45) is 5.73 Å². The van der Waals surface area contributed by atoms with Gasteiger partial charge in [0, 0.05) is 20.1 Å². The summed E-state index contributed by atoms with van der Waals surface area (Å²) in [7, 11) is 0. The van der Waals surface area contributed by atoms with Gasteiger partial charge in [0.1, 0.15) is 17.4 Å². The van der Waals surface area contributed by atoms with Crippen molar-refractivity contribution in [3.8, 4) is 11.8 Å². The maximum Gasteiger partial charge on any atom is 0.256 e. The number of H-pyrrole nitrogens is 1. The Bertz CT molecular complexity index is 1110. The molecular weight excluding hydrogens is 390 g/mol. The van der Waals surface area contributed by atoms with Crippen LogP contribution in [0.2, 0.25) is 0 Å². The Labute approximate surface area is 149 Å². The summed E-state index contributed by atoms with van der Waals surface area (Å²) in [5.41, 5.74) is 7.04. The lowest BCUT2D eigenvalue weighted by Gasteiger charge is -2.25. The number of thiophene rings is 1. The predicted octanol–water partition coefficient (Wildman–Crippen LogP) is 3.57. The molecule has 0 unspecified atom stereocenters. The third-order valence-electron chi connectivity index (χ3n) is 3.96. The second kappa shape index (κ2) is 5.51. The Morgan fingerprint density at radius 2 is 2.17 bits per heavy atom. The highest BCUT2D eigenvalue weighted by Crippen LogP contribution is 2.44. The van der Waals surface area contributed by atoms with Gasteiger partial charge >= 0.3 is 0 Å². The van der Waals surface area contributed by atoms with Crippen LogP contribution in [0.25, 0.3) is 10.9 Å². The summed E-state index contributed by atoms with van der Waals surface area (Å²) in [6, 6.07) is 11.3. The van der Waals surface area contributed by atoms with Crippen LogP contribution in [0.5, 0.6) is 5.75 Å². The fourth-order valence-electron chi connectivity index (χ4n) is 2.94. The molecule has 1 aromatic carbocycles. The van der Waals surface area contributed by atoms with E-state index in [9.17, 15) is 10.1 Å². The first-order valence-electron chi connectivity index (χ1n) is 7.06. The normalized spacial score (nSPS) is 16.6. The van der Waals surface area contributed by atoms with Gasteiger partial charge in [0.2, 0.25) is 5.88 Å². The second-order valence-electron chi connectivity index (χ2n) is 5.33. The summed E-state index contributed by atoms with van der Waals surface area (Å²) in [5.74, 6) is -0.0842. The number of nitriles is 1. The number of hydrogen-bond acceptors (Lipinski definition) is 5. The van der Waals surface area contributed by atoms with Crippen LogP contribution in [-0.2, 0) is 0 Å². The molecular formula is C17H10BrN3O2S. The van der Waals surface area contributed by atoms with Crippen molar-refractivity contribution < 1.29 is 4.74 Å². The molecule has 0 amide bonds. The molecule has 5 nitrogen and oxygen atoms in total. The zero-order valence-electron chi connectivity index (χ0n) is 12.2. The van der Waals surface area contributed by atoms with Crippen molar-refractivity contribution >= 4 is 38.2 Å². The molecule has 0 spiro atoms. The van der Waals surface area contributed by atoms with E-state index in [1.165, 1.54) is 11.3 Å². The summed E-state index contributed by atoms with van der Waals surface area (Å²) < 4.78 is 6.59. The van der Waals surface area contributed by atoms with Gasteiger partial charge < -0.3 is 15.5 Å². The van der Waals surface area contributed by atoms with Crippen LogP contribution in [0.15, 0.2) is 56.4 Å². The van der Waals surface area contributed by atoms with Crippen LogP contribution in [0.3, 0.4) is 0 Å². The largest absolute Gasteiger partial charge is 0.439 e. The van der Waals surface area contributed by atoms with Gasteiger partial charge in [-0.3, -0.25) is 4.79 Å². The lowest BCUT2D eigenvalue weighted by Crippen LogP contribution is -2.27. The SMILES string of the molecule is N#CC1=C(N)Oc2c(c(=O)[nH]c3ccccc23)[C@@H]1c1cc(Br)cs1. The Kier molecular flexibility index (Phi) is 3.44. The number of halogens is 1. The molecule has 3 heterocycles. The Morgan fingerprint density at radius 1 is 1.38 bits per heavy atom. The average molecular weight is 400 g/mol. The molecule has 118 valence electrons. The Balaban J connectivity index is 2.10. The molecule has 3 aromatic rings. The number of nitrogens with two attached hydrogens (primary N) is 1. The third kappa shape index (κ3) is 2.15. The quantitative estimate of drug-likeness (QED) is 0.653. The molecule has 0 saturated heterocycles. The van der Waals surface area contributed by atoms with Crippen molar-refractivity contribution in [3.63, 3.8) is 0 Å². The highest BCUT2D eigenvalue weighted by atomic mass is 79.9. The minimum Gasteiger partial charge on any atom is -0.439 e. The first kappa shape index (κ1) is 15.0. The first-order valence-corrected chi connectivity index (χ1v) is 8.74. The molecule has 3 N–H and O–H groups in total. The van der Waals surface area contributed by atoms with E-state index in [0.717, 1.165) is 14.7 Å². The maximum absolute atomic E-state index is 12.7. The van der Waals surface area contributed by atoms with E-state index in [0.29, 0.717) is 16.8 Å². The molecule has 0 fully saturated rings. The van der Waals surface area contributed by atoms with E-state index in [-0.39, 0.29) is 17.0 Å². The van der Waals surface area contributed by atoms with Crippen LogP contribution in [0, 0.1) is 11.3 Å². The minimum absolute atomic E-state index is 0.0373. The number of pyridine rings is 1. The molecule has 1 aliphatic heterocycles. The summed E-state index contributed by atoms with van der Waals surface area (Å²) >= 11 is 4.88. The molecule has 7 heteroatoms. The van der Waals surface area contributed by atoms with Gasteiger partial charge in [-0.1, -0.05) is 12.1 Å². The van der Waals surface area contributed by atoms with E-state index >= 15 is 0 Å². The molecule has 0 aliphatic carbocycles. The van der Waals surface area contributed by atoms with Gasteiger partial charge in [0.25, 0.3) is 5.56 Å². The van der Waals surface area contributed by atoms with Crippen molar-refractivity contribution in [3.05, 3.63) is 72.4 Å². The summed E-state index contributed by atoms with van der Waals surface area (Å²) in [5, 5.41) is 12.2. The predicted molar refractivity (Wildman–Crippen MR) is 95.9 cm³/mol. The monoisotopic (exact) mass is 399 g/mol. The van der Waals surface area contributed by atoms with E-state index < -0.39 is 5.92 Å². The summed E-state index contributed by atoms with van der Waals surface area (Å²) in [6.07, 6.45) is 0. The summed E-state index contributed by atoms with van der Waals surface area (Å²) in [6.45, 7) is 0. The first-order chi connectivity index (χ1) is 11.6. The molecule has 0 radical (unpaired) electrons. The van der Waals surface area contributed by atoms with E-state index in [2.05, 4.69) is 27.0 Å². The van der Waals surface area contributed by atoms with Crippen molar-refractivity contribution in [2.75, 3.05) is 0 Å². The van der Waals surface area contributed by atoms with Gasteiger partial charge in [0.15, 0.2) is 0 Å². The number of nitrogens with zero attached hydrogens (tertiary/aromatic N) is 1. The zero-order chi connectivity index (χ0) is 16.8. The molecule has 2 aromatic heterocycles. The van der Waals surface area contributed by atoms with Crippen molar-refractivity contribution in [1.82, 2.24) is 4.98 Å². The van der Waals surface area contributed by atoms with Crippen LogP contribution in [0.4, 0.5) is 0 Å². The highest BCUT2D eigenvalue weighted by Gasteiger charge is 2.35. The van der Waals surface area contributed by atoms with E-state index in [1.807, 2.05) is 29.6 Å². The van der Waals surface area contributed by atoms with E-state index in [1.54, 1.807) is 6.07 Å². The van der Waals surface area contributed by atoms with Gasteiger partial charge in [0.05, 0.1) is 17.0 Å². The van der Waals surface area contributed by atoms with Gasteiger partial charge in [-0.15, -0.1) is 11.3 Å². The summed E-state index contributed by atoms with van der Waals surface area (Å²) in [4.78, 5) is 16.4. The zero-order valence-corrected chi connectivity index (χ0v) is 14.6. The molecule has 1 aliphatic rings. The van der Waals surface area contributed by atoms with Gasteiger partial charge in [-0.05, 0) is 34.1 Å². The topological polar surface area (TPSA) is 91.9 Å². The molecule has 0 bridgehead atoms. The van der Waals surface area contributed by atoms with Crippen LogP contribution in [0.1, 0.15) is 16.4 Å². The molecule has 0 saturated carbocycles. The lowest BCUT2D eigenvalue weighted by atomic mass is 9.88. The van der Waals surface area contributed by atoms with Crippen molar-refractivity contribution in [1.29, 1.82) is 5.26 Å². The number of aromatic nitrogens is 1. The van der Waals surface area contributed by atoms with Crippen molar-refractivity contribution in [2.45, 2.75) is 5.92 Å².